The number of benzene rings is 1. The zero-order chi connectivity index (χ0) is 20.5. The highest BCUT2D eigenvalue weighted by Crippen LogP contribution is 2.37. The van der Waals surface area contributed by atoms with Gasteiger partial charge in [-0.05, 0) is 57.4 Å². The standard InChI is InChI=1S/C18H22ClF3N2O3S/c1-23-17(6-7-17)24-16(25)11-2-4-13(8-11)28(26)15-5-3-12(9-14(15)19)27-10-18(20,21)22/h3,5,9,11,13,23H,2,4,6-8,10H2,1H3,(H,24,25)/t11-,13-,28?/m0/s1. The number of amides is 1. The first-order chi connectivity index (χ1) is 13.1. The molecule has 1 aromatic carbocycles. The lowest BCUT2D eigenvalue weighted by Gasteiger charge is -2.19. The smallest absolute Gasteiger partial charge is 0.422 e. The van der Waals surface area contributed by atoms with Crippen molar-refractivity contribution >= 4 is 28.3 Å². The van der Waals surface area contributed by atoms with Crippen LogP contribution >= 0.6 is 11.6 Å². The van der Waals surface area contributed by atoms with Gasteiger partial charge in [0, 0.05) is 11.2 Å². The maximum Gasteiger partial charge on any atom is 0.422 e. The maximum absolute atomic E-state index is 12.9. The van der Waals surface area contributed by atoms with Crippen molar-refractivity contribution in [1.29, 1.82) is 0 Å². The molecule has 0 spiro atoms. The van der Waals surface area contributed by atoms with Crippen molar-refractivity contribution in [3.8, 4) is 5.75 Å². The molecule has 2 fully saturated rings. The van der Waals surface area contributed by atoms with Crippen LogP contribution < -0.4 is 15.4 Å². The average Bonchev–Trinajstić information content (AvgIpc) is 3.22. The largest absolute Gasteiger partial charge is 0.484 e. The van der Waals surface area contributed by atoms with E-state index in [1.807, 2.05) is 7.05 Å². The molecule has 1 aromatic rings. The lowest BCUT2D eigenvalue weighted by atomic mass is 10.1. The second-order valence-electron chi connectivity index (χ2n) is 7.25. The van der Waals surface area contributed by atoms with Gasteiger partial charge in [-0.2, -0.15) is 13.2 Å². The quantitative estimate of drug-likeness (QED) is 0.640. The Bertz CT molecular complexity index is 771. The summed E-state index contributed by atoms with van der Waals surface area (Å²) in [4.78, 5) is 12.8. The van der Waals surface area contributed by atoms with Gasteiger partial charge in [0.15, 0.2) is 6.61 Å². The van der Waals surface area contributed by atoms with Gasteiger partial charge in [0.25, 0.3) is 0 Å². The summed E-state index contributed by atoms with van der Waals surface area (Å²) in [6.07, 6.45) is -0.891. The molecule has 156 valence electrons. The SMILES string of the molecule is CNC1(NC(=O)[C@H]2CC[C@H](S(=O)c3ccc(OCC(F)(F)F)cc3Cl)C2)CC1. The van der Waals surface area contributed by atoms with Crippen LogP contribution in [0.2, 0.25) is 5.02 Å². The van der Waals surface area contributed by atoms with Crippen molar-refractivity contribution in [3.05, 3.63) is 23.2 Å². The number of halogens is 4. The molecule has 3 rings (SSSR count). The summed E-state index contributed by atoms with van der Waals surface area (Å²) in [5, 5.41) is 6.00. The first kappa shape index (κ1) is 21.4. The van der Waals surface area contributed by atoms with Crippen LogP contribution in [0.5, 0.6) is 5.75 Å². The molecule has 0 aromatic heterocycles. The average molecular weight is 439 g/mol. The second-order valence-corrected chi connectivity index (χ2v) is 9.36. The maximum atomic E-state index is 12.9. The Kier molecular flexibility index (Phi) is 6.26. The van der Waals surface area contributed by atoms with Gasteiger partial charge in [0.05, 0.1) is 26.4 Å². The van der Waals surface area contributed by atoms with Crippen LogP contribution in [0, 0.1) is 5.92 Å². The molecule has 28 heavy (non-hydrogen) atoms. The molecule has 2 N–H and O–H groups in total. The van der Waals surface area contributed by atoms with Crippen LogP contribution in [0.25, 0.3) is 0 Å². The fraction of sp³-hybridized carbons (Fsp3) is 0.611. The molecule has 2 aliphatic carbocycles. The molecule has 0 saturated heterocycles. The number of hydrogen-bond acceptors (Lipinski definition) is 4. The van der Waals surface area contributed by atoms with E-state index in [-0.39, 0.29) is 33.5 Å². The lowest BCUT2D eigenvalue weighted by molar-refractivity contribution is -0.153. The van der Waals surface area contributed by atoms with Gasteiger partial charge >= 0.3 is 6.18 Å². The molecule has 5 nitrogen and oxygen atoms in total. The Hall–Kier alpha value is -1.32. The summed E-state index contributed by atoms with van der Waals surface area (Å²) in [5.74, 6) is -0.269. The zero-order valence-electron chi connectivity index (χ0n) is 15.3. The van der Waals surface area contributed by atoms with Crippen LogP contribution in [0.3, 0.4) is 0 Å². The van der Waals surface area contributed by atoms with E-state index in [0.717, 1.165) is 12.8 Å². The minimum Gasteiger partial charge on any atom is -0.484 e. The van der Waals surface area contributed by atoms with E-state index in [1.165, 1.54) is 18.2 Å². The number of carbonyl (C=O) groups is 1. The van der Waals surface area contributed by atoms with Gasteiger partial charge in [-0.3, -0.25) is 14.3 Å². The summed E-state index contributed by atoms with van der Waals surface area (Å²) in [7, 11) is 0.358. The highest BCUT2D eigenvalue weighted by Gasteiger charge is 2.44. The van der Waals surface area contributed by atoms with Crippen LogP contribution in [0.15, 0.2) is 23.1 Å². The number of ether oxygens (including phenoxy) is 1. The molecule has 1 unspecified atom stereocenters. The van der Waals surface area contributed by atoms with Gasteiger partial charge < -0.3 is 10.1 Å². The Labute approximate surface area is 168 Å². The Balaban J connectivity index is 1.59. The van der Waals surface area contributed by atoms with Gasteiger partial charge in [0.1, 0.15) is 5.75 Å². The molecule has 0 heterocycles. The minimum atomic E-state index is -4.44. The van der Waals surface area contributed by atoms with Crippen LogP contribution in [0.4, 0.5) is 13.2 Å². The third-order valence-corrected chi connectivity index (χ3v) is 7.42. The van der Waals surface area contributed by atoms with Gasteiger partial charge in [-0.15, -0.1) is 0 Å². The topological polar surface area (TPSA) is 67.4 Å². The van der Waals surface area contributed by atoms with E-state index in [2.05, 4.69) is 15.4 Å². The first-order valence-electron chi connectivity index (χ1n) is 9.03. The van der Waals surface area contributed by atoms with Crippen LogP contribution in [-0.2, 0) is 15.6 Å². The van der Waals surface area contributed by atoms with E-state index in [0.29, 0.717) is 24.2 Å². The van der Waals surface area contributed by atoms with Crippen molar-refractivity contribution in [2.45, 2.75) is 54.1 Å². The predicted molar refractivity (Wildman–Crippen MR) is 99.7 cm³/mol. The molecule has 10 heteroatoms. The molecule has 0 radical (unpaired) electrons. The molecule has 1 amide bonds. The van der Waals surface area contributed by atoms with Crippen molar-refractivity contribution in [2.24, 2.45) is 5.92 Å². The van der Waals surface area contributed by atoms with Gasteiger partial charge in [-0.1, -0.05) is 11.6 Å². The highest BCUT2D eigenvalue weighted by molar-refractivity contribution is 7.85. The van der Waals surface area contributed by atoms with Gasteiger partial charge in [0.2, 0.25) is 5.91 Å². The molecule has 0 aliphatic heterocycles. The van der Waals surface area contributed by atoms with E-state index < -0.39 is 23.6 Å². The fourth-order valence-electron chi connectivity index (χ4n) is 3.35. The van der Waals surface area contributed by atoms with Crippen molar-refractivity contribution < 1.29 is 26.9 Å². The fourth-order valence-corrected chi connectivity index (χ4v) is 5.32. The van der Waals surface area contributed by atoms with Crippen molar-refractivity contribution in [2.75, 3.05) is 13.7 Å². The van der Waals surface area contributed by atoms with Crippen LogP contribution in [-0.4, -0.2) is 40.9 Å². The number of carbonyl (C=O) groups excluding carboxylic acids is 1. The Morgan fingerprint density at radius 2 is 2.07 bits per heavy atom. The number of hydrogen-bond donors (Lipinski definition) is 2. The van der Waals surface area contributed by atoms with E-state index >= 15 is 0 Å². The molecular formula is C18H22ClF3N2O3S. The van der Waals surface area contributed by atoms with Crippen LogP contribution in [0.1, 0.15) is 32.1 Å². The Morgan fingerprint density at radius 3 is 2.64 bits per heavy atom. The monoisotopic (exact) mass is 438 g/mol. The number of rotatable bonds is 7. The summed E-state index contributed by atoms with van der Waals surface area (Å²) in [6.45, 7) is -1.42. The number of alkyl halides is 3. The summed E-state index contributed by atoms with van der Waals surface area (Å²) in [6, 6.07) is 3.99. The molecule has 3 atom stereocenters. The third kappa shape index (κ3) is 5.18. The predicted octanol–water partition coefficient (Wildman–Crippen LogP) is 3.38. The van der Waals surface area contributed by atoms with E-state index in [4.69, 9.17) is 11.6 Å². The number of nitrogens with one attached hydrogen (secondary N) is 2. The molecule has 2 saturated carbocycles. The van der Waals surface area contributed by atoms with E-state index in [9.17, 15) is 22.2 Å². The Morgan fingerprint density at radius 1 is 1.36 bits per heavy atom. The van der Waals surface area contributed by atoms with Crippen molar-refractivity contribution in [1.82, 2.24) is 10.6 Å². The minimum absolute atomic E-state index is 0.0338. The molecular weight excluding hydrogens is 417 g/mol. The lowest BCUT2D eigenvalue weighted by Crippen LogP contribution is -2.48. The summed E-state index contributed by atoms with van der Waals surface area (Å²) < 4.78 is 54.3. The summed E-state index contributed by atoms with van der Waals surface area (Å²) >= 11 is 6.12. The second kappa shape index (κ2) is 8.20. The summed E-state index contributed by atoms with van der Waals surface area (Å²) in [5.41, 5.74) is -0.288. The molecule has 2 aliphatic rings. The normalized spacial score (nSPS) is 24.6. The third-order valence-electron chi connectivity index (χ3n) is 5.17. The van der Waals surface area contributed by atoms with Crippen molar-refractivity contribution in [3.63, 3.8) is 0 Å². The van der Waals surface area contributed by atoms with Gasteiger partial charge in [-0.25, -0.2) is 0 Å². The zero-order valence-corrected chi connectivity index (χ0v) is 16.8. The highest BCUT2D eigenvalue weighted by atomic mass is 35.5. The van der Waals surface area contributed by atoms with E-state index in [1.54, 1.807) is 0 Å². The first-order valence-corrected chi connectivity index (χ1v) is 10.6. The molecule has 0 bridgehead atoms.